The lowest BCUT2D eigenvalue weighted by molar-refractivity contribution is 0.411. The van der Waals surface area contributed by atoms with E-state index in [9.17, 15) is 0 Å². The average molecular weight is 500 g/mol. The van der Waals surface area contributed by atoms with Gasteiger partial charge in [-0.05, 0) is 47.7 Å². The highest BCUT2D eigenvalue weighted by molar-refractivity contribution is 6.01. The molecule has 0 unspecified atom stereocenters. The summed E-state index contributed by atoms with van der Waals surface area (Å²) in [6.07, 6.45) is 11.9. The number of nitrogens with one attached hydrogen (secondary N) is 3. The predicted octanol–water partition coefficient (Wildman–Crippen LogP) is 7.59. The van der Waals surface area contributed by atoms with Crippen LogP contribution >= 0.6 is 0 Å². The molecule has 0 amide bonds. The van der Waals surface area contributed by atoms with Gasteiger partial charge in [0.1, 0.15) is 5.69 Å². The molecular formula is C31H29N7. The number of aromatic nitrogens is 6. The lowest BCUT2D eigenvalue weighted by Gasteiger charge is -2.20. The van der Waals surface area contributed by atoms with Crippen molar-refractivity contribution in [2.45, 2.75) is 27.2 Å². The summed E-state index contributed by atoms with van der Waals surface area (Å²) < 4.78 is 0. The molecule has 0 radical (unpaired) electrons. The lowest BCUT2D eigenvalue weighted by atomic mass is 9.91. The van der Waals surface area contributed by atoms with Gasteiger partial charge in [-0.15, -0.1) is 0 Å². The minimum absolute atomic E-state index is 0.162. The number of hydrogen-bond acceptors (Lipinski definition) is 5. The molecule has 0 fully saturated rings. The van der Waals surface area contributed by atoms with Crippen molar-refractivity contribution >= 4 is 27.5 Å². The normalized spacial score (nSPS) is 11.8. The summed E-state index contributed by atoms with van der Waals surface area (Å²) in [6, 6.07) is 14.5. The summed E-state index contributed by atoms with van der Waals surface area (Å²) in [6.45, 7) is 10.8. The largest absolute Gasteiger partial charge is 0.358 e. The van der Waals surface area contributed by atoms with E-state index in [0.29, 0.717) is 0 Å². The van der Waals surface area contributed by atoms with Crippen LogP contribution in [0.15, 0.2) is 91.9 Å². The zero-order valence-corrected chi connectivity index (χ0v) is 21.7. The first-order valence-corrected chi connectivity index (χ1v) is 12.6. The van der Waals surface area contributed by atoms with Crippen molar-refractivity contribution < 1.29 is 0 Å². The molecule has 1 aromatic carbocycles. The van der Waals surface area contributed by atoms with Gasteiger partial charge in [0.25, 0.3) is 0 Å². The molecule has 0 saturated heterocycles. The van der Waals surface area contributed by atoms with Crippen LogP contribution in [-0.2, 0) is 0 Å². The van der Waals surface area contributed by atoms with Crippen LogP contribution in [0.4, 0.5) is 5.69 Å². The molecule has 38 heavy (non-hydrogen) atoms. The Morgan fingerprint density at radius 2 is 1.68 bits per heavy atom. The van der Waals surface area contributed by atoms with Crippen molar-refractivity contribution in [1.82, 2.24) is 30.1 Å². The topological polar surface area (TPSA) is 95.2 Å². The van der Waals surface area contributed by atoms with Gasteiger partial charge in [-0.3, -0.25) is 20.1 Å². The van der Waals surface area contributed by atoms with Crippen LogP contribution in [0.25, 0.3) is 55.4 Å². The van der Waals surface area contributed by atoms with E-state index < -0.39 is 0 Å². The summed E-state index contributed by atoms with van der Waals surface area (Å²) >= 11 is 0. The van der Waals surface area contributed by atoms with Gasteiger partial charge in [-0.25, -0.2) is 0 Å². The van der Waals surface area contributed by atoms with E-state index in [2.05, 4.69) is 93.1 Å². The SMILES string of the molecule is C=C(CC(C)(C)C)Nc1cncc(-c2ccc3[nH]nc(-c4cc5c(-c6cccnc6)cncc5[nH]4)c3c2)c1. The highest BCUT2D eigenvalue weighted by atomic mass is 15.1. The Kier molecular flexibility index (Phi) is 5.76. The molecule has 0 bridgehead atoms. The van der Waals surface area contributed by atoms with Gasteiger partial charge in [0, 0.05) is 57.9 Å². The first kappa shape index (κ1) is 23.6. The number of allylic oxidation sites excluding steroid dienone is 1. The Balaban J connectivity index is 1.36. The van der Waals surface area contributed by atoms with Crippen LogP contribution in [0.2, 0.25) is 0 Å². The molecule has 7 heteroatoms. The van der Waals surface area contributed by atoms with E-state index >= 15 is 0 Å². The molecule has 5 heterocycles. The molecule has 0 aliphatic rings. The van der Waals surface area contributed by atoms with E-state index in [4.69, 9.17) is 0 Å². The molecule has 0 aliphatic carbocycles. The quantitative estimate of drug-likeness (QED) is 0.219. The number of aromatic amines is 2. The highest BCUT2D eigenvalue weighted by Crippen LogP contribution is 2.35. The van der Waals surface area contributed by atoms with E-state index in [-0.39, 0.29) is 5.41 Å². The monoisotopic (exact) mass is 499 g/mol. The van der Waals surface area contributed by atoms with Gasteiger partial charge in [0.05, 0.1) is 34.8 Å². The fourth-order valence-electron chi connectivity index (χ4n) is 4.88. The molecule has 6 aromatic rings. The highest BCUT2D eigenvalue weighted by Gasteiger charge is 2.16. The van der Waals surface area contributed by atoms with Crippen LogP contribution in [0, 0.1) is 5.41 Å². The number of benzene rings is 1. The predicted molar refractivity (Wildman–Crippen MR) is 154 cm³/mol. The second kappa shape index (κ2) is 9.27. The molecule has 5 aromatic heterocycles. The molecule has 0 saturated carbocycles. The summed E-state index contributed by atoms with van der Waals surface area (Å²) in [5, 5.41) is 13.4. The number of anilines is 1. The summed E-state index contributed by atoms with van der Waals surface area (Å²) in [7, 11) is 0. The number of rotatable bonds is 6. The summed E-state index contributed by atoms with van der Waals surface area (Å²) in [5.74, 6) is 0. The van der Waals surface area contributed by atoms with E-state index in [0.717, 1.165) is 73.3 Å². The third-order valence-corrected chi connectivity index (χ3v) is 6.47. The number of pyridine rings is 3. The lowest BCUT2D eigenvalue weighted by Crippen LogP contribution is -2.10. The molecular weight excluding hydrogens is 470 g/mol. The maximum atomic E-state index is 4.66. The fraction of sp³-hybridized carbons (Fsp3) is 0.161. The van der Waals surface area contributed by atoms with Crippen molar-refractivity contribution in [3.05, 3.63) is 91.9 Å². The summed E-state index contributed by atoms with van der Waals surface area (Å²) in [5.41, 5.74) is 9.90. The van der Waals surface area contributed by atoms with Gasteiger partial charge < -0.3 is 10.3 Å². The van der Waals surface area contributed by atoms with E-state index in [1.165, 1.54) is 0 Å². The Morgan fingerprint density at radius 3 is 2.50 bits per heavy atom. The van der Waals surface area contributed by atoms with Gasteiger partial charge >= 0.3 is 0 Å². The molecule has 3 N–H and O–H groups in total. The zero-order valence-electron chi connectivity index (χ0n) is 21.7. The minimum atomic E-state index is 0.162. The van der Waals surface area contributed by atoms with Gasteiger partial charge in [0.2, 0.25) is 0 Å². The van der Waals surface area contributed by atoms with Gasteiger partial charge in [0.15, 0.2) is 0 Å². The third kappa shape index (κ3) is 4.66. The Labute approximate surface area is 221 Å². The Morgan fingerprint density at radius 1 is 0.842 bits per heavy atom. The summed E-state index contributed by atoms with van der Waals surface area (Å²) in [4.78, 5) is 16.7. The molecule has 6 rings (SSSR count). The van der Waals surface area contributed by atoms with E-state index in [1.807, 2.05) is 43.1 Å². The van der Waals surface area contributed by atoms with Crippen molar-refractivity contribution in [2.75, 3.05) is 5.32 Å². The van der Waals surface area contributed by atoms with Crippen LogP contribution in [0.1, 0.15) is 27.2 Å². The number of H-pyrrole nitrogens is 2. The van der Waals surface area contributed by atoms with Crippen LogP contribution in [0.3, 0.4) is 0 Å². The van der Waals surface area contributed by atoms with Crippen molar-refractivity contribution in [1.29, 1.82) is 0 Å². The Hall–Kier alpha value is -4.78. The number of fused-ring (bicyclic) bond motifs is 2. The second-order valence-electron chi connectivity index (χ2n) is 10.8. The van der Waals surface area contributed by atoms with Crippen molar-refractivity contribution in [2.24, 2.45) is 5.41 Å². The van der Waals surface area contributed by atoms with Crippen molar-refractivity contribution in [3.8, 4) is 33.6 Å². The number of hydrogen-bond donors (Lipinski definition) is 3. The first-order chi connectivity index (χ1) is 18.3. The van der Waals surface area contributed by atoms with Gasteiger partial charge in [-0.1, -0.05) is 39.5 Å². The number of nitrogens with zero attached hydrogens (tertiary/aromatic N) is 4. The molecule has 0 aliphatic heterocycles. The average Bonchev–Trinajstić information content (AvgIpc) is 3.51. The second-order valence-corrected chi connectivity index (χ2v) is 10.8. The first-order valence-electron chi connectivity index (χ1n) is 12.6. The third-order valence-electron chi connectivity index (χ3n) is 6.47. The van der Waals surface area contributed by atoms with Crippen LogP contribution in [-0.4, -0.2) is 30.1 Å². The standard InChI is InChI=1S/C31H29N7/c1-19(13-31(2,3)4)35-23-10-22(15-33-16-23)20-7-8-27-25(11-20)30(38-37-27)28-12-24-26(17-34-18-29(24)36-28)21-6-5-9-32-14-21/h5-12,14-18,35-36H,1,13H2,2-4H3,(H,37,38). The molecule has 188 valence electrons. The zero-order chi connectivity index (χ0) is 26.3. The maximum absolute atomic E-state index is 4.66. The minimum Gasteiger partial charge on any atom is -0.358 e. The van der Waals surface area contributed by atoms with Gasteiger partial charge in [-0.2, -0.15) is 5.10 Å². The maximum Gasteiger partial charge on any atom is 0.116 e. The smallest absolute Gasteiger partial charge is 0.116 e. The molecule has 7 nitrogen and oxygen atoms in total. The van der Waals surface area contributed by atoms with E-state index in [1.54, 1.807) is 6.20 Å². The van der Waals surface area contributed by atoms with Crippen LogP contribution in [0.5, 0.6) is 0 Å². The van der Waals surface area contributed by atoms with Crippen molar-refractivity contribution in [3.63, 3.8) is 0 Å². The fourth-order valence-corrected chi connectivity index (χ4v) is 4.88. The van der Waals surface area contributed by atoms with Crippen LogP contribution < -0.4 is 5.32 Å². The Bertz CT molecular complexity index is 1770. The molecule has 0 atom stereocenters. The molecule has 0 spiro atoms.